The minimum atomic E-state index is -3.78. The number of hydrogen-bond acceptors (Lipinski definition) is 6. The van der Waals surface area contributed by atoms with E-state index in [1.54, 1.807) is 26.2 Å². The number of aryl methyl sites for hydroxylation is 1. The van der Waals surface area contributed by atoms with Crippen LogP contribution in [0, 0.1) is 6.92 Å². The molecule has 3 aromatic rings. The molecule has 0 saturated heterocycles. The summed E-state index contributed by atoms with van der Waals surface area (Å²) in [5.74, 6) is 0.346. The molecule has 1 heterocycles. The molecule has 176 valence electrons. The van der Waals surface area contributed by atoms with Crippen LogP contribution in [0.4, 0.5) is 0 Å². The summed E-state index contributed by atoms with van der Waals surface area (Å²) >= 11 is 0. The van der Waals surface area contributed by atoms with E-state index < -0.39 is 10.0 Å². The van der Waals surface area contributed by atoms with Gasteiger partial charge in [-0.05, 0) is 37.3 Å². The van der Waals surface area contributed by atoms with Crippen LogP contribution < -0.4 is 10.1 Å². The Morgan fingerprint density at radius 2 is 1.82 bits per heavy atom. The van der Waals surface area contributed by atoms with Gasteiger partial charge in [-0.1, -0.05) is 31.5 Å². The SMILES string of the molecule is CCN(CC)S(=O)(=O)c1cc(C(=O)NCCc2coc(-c3ccc(C)cc3)n2)ccc1OC. The predicted molar refractivity (Wildman–Crippen MR) is 126 cm³/mol. The molecule has 8 nitrogen and oxygen atoms in total. The molecule has 0 bridgehead atoms. The van der Waals surface area contributed by atoms with Gasteiger partial charge in [0.1, 0.15) is 16.9 Å². The van der Waals surface area contributed by atoms with Crippen LogP contribution in [0.1, 0.15) is 35.5 Å². The average molecular weight is 472 g/mol. The lowest BCUT2D eigenvalue weighted by atomic mass is 10.1. The lowest BCUT2D eigenvalue weighted by molar-refractivity contribution is 0.0953. The molecule has 2 aromatic carbocycles. The van der Waals surface area contributed by atoms with Gasteiger partial charge in [-0.2, -0.15) is 4.31 Å². The van der Waals surface area contributed by atoms with E-state index >= 15 is 0 Å². The number of ether oxygens (including phenoxy) is 1. The van der Waals surface area contributed by atoms with Gasteiger partial charge in [0.15, 0.2) is 0 Å². The minimum absolute atomic E-state index is 0.0272. The van der Waals surface area contributed by atoms with Crippen molar-refractivity contribution in [3.05, 3.63) is 65.5 Å². The van der Waals surface area contributed by atoms with Crippen molar-refractivity contribution >= 4 is 15.9 Å². The van der Waals surface area contributed by atoms with Gasteiger partial charge >= 0.3 is 0 Å². The van der Waals surface area contributed by atoms with Crippen molar-refractivity contribution < 1.29 is 22.4 Å². The Hall–Kier alpha value is -3.17. The molecule has 0 radical (unpaired) electrons. The normalized spacial score (nSPS) is 11.5. The van der Waals surface area contributed by atoms with Crippen LogP contribution in [0.3, 0.4) is 0 Å². The fraction of sp³-hybridized carbons (Fsp3) is 0.333. The fourth-order valence-corrected chi connectivity index (χ4v) is 5.02. The molecule has 0 saturated carbocycles. The molecular formula is C24H29N3O5S. The number of nitrogens with one attached hydrogen (secondary N) is 1. The molecule has 0 aliphatic heterocycles. The number of benzene rings is 2. The topological polar surface area (TPSA) is 102 Å². The van der Waals surface area contributed by atoms with Crippen molar-refractivity contribution in [2.24, 2.45) is 0 Å². The first-order valence-electron chi connectivity index (χ1n) is 10.8. The first kappa shape index (κ1) is 24.5. The smallest absolute Gasteiger partial charge is 0.251 e. The molecule has 1 aromatic heterocycles. The second kappa shape index (κ2) is 10.6. The van der Waals surface area contributed by atoms with Gasteiger partial charge in [-0.15, -0.1) is 0 Å². The number of sulfonamides is 1. The van der Waals surface area contributed by atoms with Crippen LogP contribution >= 0.6 is 0 Å². The van der Waals surface area contributed by atoms with Gasteiger partial charge in [0.25, 0.3) is 5.91 Å². The number of carbonyl (C=O) groups excluding carboxylic acids is 1. The molecule has 3 rings (SSSR count). The summed E-state index contributed by atoms with van der Waals surface area (Å²) in [7, 11) is -2.38. The van der Waals surface area contributed by atoms with Gasteiger partial charge in [-0.25, -0.2) is 13.4 Å². The maximum atomic E-state index is 13.0. The number of amides is 1. The molecule has 0 unspecified atom stereocenters. The monoisotopic (exact) mass is 471 g/mol. The second-order valence-electron chi connectivity index (χ2n) is 7.47. The van der Waals surface area contributed by atoms with Crippen molar-refractivity contribution in [3.63, 3.8) is 0 Å². The van der Waals surface area contributed by atoms with E-state index in [2.05, 4.69) is 10.3 Å². The summed E-state index contributed by atoms with van der Waals surface area (Å²) in [5, 5.41) is 2.81. The molecule has 1 N–H and O–H groups in total. The number of aromatic nitrogens is 1. The summed E-state index contributed by atoms with van der Waals surface area (Å²) in [4.78, 5) is 17.1. The maximum Gasteiger partial charge on any atom is 0.251 e. The standard InChI is InChI=1S/C24H29N3O5S/c1-5-27(6-2)33(29,30)22-15-19(11-12-21(22)31-4)23(28)25-14-13-20-16-32-24(26-20)18-9-7-17(3)8-10-18/h7-12,15-16H,5-6,13-14H2,1-4H3,(H,25,28). The number of rotatable bonds is 10. The van der Waals surface area contributed by atoms with Crippen LogP contribution in [-0.4, -0.2) is 50.4 Å². The van der Waals surface area contributed by atoms with Gasteiger partial charge in [0, 0.05) is 37.2 Å². The van der Waals surface area contributed by atoms with Crippen molar-refractivity contribution in [1.82, 2.24) is 14.6 Å². The second-order valence-corrected chi connectivity index (χ2v) is 9.38. The van der Waals surface area contributed by atoms with Crippen LogP contribution in [-0.2, 0) is 16.4 Å². The lowest BCUT2D eigenvalue weighted by Crippen LogP contribution is -2.31. The highest BCUT2D eigenvalue weighted by Crippen LogP contribution is 2.28. The van der Waals surface area contributed by atoms with E-state index in [0.29, 0.717) is 37.6 Å². The first-order chi connectivity index (χ1) is 15.8. The highest BCUT2D eigenvalue weighted by atomic mass is 32.2. The zero-order valence-corrected chi connectivity index (χ0v) is 20.1. The molecule has 9 heteroatoms. The lowest BCUT2D eigenvalue weighted by Gasteiger charge is -2.20. The summed E-state index contributed by atoms with van der Waals surface area (Å²) in [6.45, 7) is 6.50. The van der Waals surface area contributed by atoms with E-state index in [4.69, 9.17) is 9.15 Å². The van der Waals surface area contributed by atoms with E-state index in [0.717, 1.165) is 11.1 Å². The molecule has 0 aliphatic carbocycles. The number of methoxy groups -OCH3 is 1. The molecule has 33 heavy (non-hydrogen) atoms. The Labute approximate surface area is 194 Å². The zero-order valence-electron chi connectivity index (χ0n) is 19.3. The number of oxazole rings is 1. The average Bonchev–Trinajstić information content (AvgIpc) is 3.28. The Kier molecular flexibility index (Phi) is 7.88. The molecule has 0 atom stereocenters. The van der Waals surface area contributed by atoms with Crippen molar-refractivity contribution in [2.75, 3.05) is 26.7 Å². The third-order valence-corrected chi connectivity index (χ3v) is 7.34. The van der Waals surface area contributed by atoms with Crippen LogP contribution in [0.25, 0.3) is 11.5 Å². The highest BCUT2D eigenvalue weighted by molar-refractivity contribution is 7.89. The van der Waals surface area contributed by atoms with Crippen LogP contribution in [0.5, 0.6) is 5.75 Å². The summed E-state index contributed by atoms with van der Waals surface area (Å²) in [6.07, 6.45) is 2.05. The van der Waals surface area contributed by atoms with Gasteiger partial charge in [0.2, 0.25) is 15.9 Å². The van der Waals surface area contributed by atoms with Gasteiger partial charge in [-0.3, -0.25) is 4.79 Å². The minimum Gasteiger partial charge on any atom is -0.495 e. The fourth-order valence-electron chi connectivity index (χ4n) is 3.38. The Morgan fingerprint density at radius 3 is 2.45 bits per heavy atom. The Morgan fingerprint density at radius 1 is 1.12 bits per heavy atom. The highest BCUT2D eigenvalue weighted by Gasteiger charge is 2.26. The Bertz CT molecular complexity index is 1200. The first-order valence-corrected chi connectivity index (χ1v) is 12.2. The quantitative estimate of drug-likeness (QED) is 0.484. The molecule has 1 amide bonds. The van der Waals surface area contributed by atoms with Crippen LogP contribution in [0.15, 0.2) is 58.0 Å². The number of carbonyl (C=O) groups is 1. The summed E-state index contributed by atoms with van der Waals surface area (Å²) < 4.78 is 38.1. The molecular weight excluding hydrogens is 442 g/mol. The van der Waals surface area contributed by atoms with Crippen molar-refractivity contribution in [1.29, 1.82) is 0 Å². The maximum absolute atomic E-state index is 13.0. The summed E-state index contributed by atoms with van der Waals surface area (Å²) in [6, 6.07) is 12.3. The molecule has 0 fully saturated rings. The van der Waals surface area contributed by atoms with E-state index in [-0.39, 0.29) is 22.1 Å². The zero-order chi connectivity index (χ0) is 24.0. The van der Waals surface area contributed by atoms with Crippen LogP contribution in [0.2, 0.25) is 0 Å². The largest absolute Gasteiger partial charge is 0.495 e. The van der Waals surface area contributed by atoms with E-state index in [1.807, 2.05) is 31.2 Å². The third kappa shape index (κ3) is 5.61. The van der Waals surface area contributed by atoms with E-state index in [1.165, 1.54) is 23.5 Å². The number of hydrogen-bond donors (Lipinski definition) is 1. The molecule has 0 spiro atoms. The summed E-state index contributed by atoms with van der Waals surface area (Å²) in [5.41, 5.74) is 2.99. The third-order valence-electron chi connectivity index (χ3n) is 5.27. The van der Waals surface area contributed by atoms with Crippen molar-refractivity contribution in [3.8, 4) is 17.2 Å². The Balaban J connectivity index is 1.68. The van der Waals surface area contributed by atoms with Gasteiger partial charge < -0.3 is 14.5 Å². The van der Waals surface area contributed by atoms with Crippen molar-refractivity contribution in [2.45, 2.75) is 32.1 Å². The number of nitrogens with zero attached hydrogens (tertiary/aromatic N) is 2. The molecule has 0 aliphatic rings. The predicted octanol–water partition coefficient (Wildman–Crippen LogP) is 3.66. The van der Waals surface area contributed by atoms with E-state index in [9.17, 15) is 13.2 Å². The van der Waals surface area contributed by atoms with Gasteiger partial charge in [0.05, 0.1) is 12.8 Å².